The maximum Gasteiger partial charge on any atom is 0.472 e. The molecule has 344 valence electrons. The molecule has 0 rings (SSSR count). The molecule has 0 radical (unpaired) electrons. The predicted octanol–water partition coefficient (Wildman–Crippen LogP) is 13.8. The molecule has 3 N–H and O–H groups in total. The average Bonchev–Trinajstić information content (AvgIpc) is 3.19. The first-order valence-corrected chi connectivity index (χ1v) is 25.7. The van der Waals surface area contributed by atoms with Gasteiger partial charge < -0.3 is 19.8 Å². The number of phosphoric acid groups is 1. The third-order valence-corrected chi connectivity index (χ3v) is 11.4. The molecule has 8 nitrogen and oxygen atoms in total. The largest absolute Gasteiger partial charge is 0.472 e. The molecule has 0 aliphatic rings. The molecule has 0 aliphatic heterocycles. The number of carbonyl (C=O) groups is 1. The molecule has 0 aromatic heterocycles. The van der Waals surface area contributed by atoms with Crippen molar-refractivity contribution < 1.29 is 32.9 Å². The van der Waals surface area contributed by atoms with Crippen molar-refractivity contribution >= 4 is 13.7 Å². The fourth-order valence-electron chi connectivity index (χ4n) is 6.57. The number of hydrogen-bond donors (Lipinski definition) is 3. The number of aliphatic hydroxyl groups excluding tert-OH is 1. The lowest BCUT2D eigenvalue weighted by Crippen LogP contribution is -2.45. The van der Waals surface area contributed by atoms with Crippen LogP contribution in [0.25, 0.3) is 0 Å². The lowest BCUT2D eigenvalue weighted by molar-refractivity contribution is -0.870. The van der Waals surface area contributed by atoms with E-state index in [4.69, 9.17) is 9.05 Å². The van der Waals surface area contributed by atoms with Gasteiger partial charge in [0.25, 0.3) is 0 Å². The Hall–Kier alpha value is -1.80. The number of nitrogens with zero attached hydrogens (tertiary/aromatic N) is 1. The van der Waals surface area contributed by atoms with Crippen molar-refractivity contribution in [3.63, 3.8) is 0 Å². The van der Waals surface area contributed by atoms with Crippen molar-refractivity contribution in [2.45, 2.75) is 212 Å². The zero-order valence-electron chi connectivity index (χ0n) is 39.0. The summed E-state index contributed by atoms with van der Waals surface area (Å²) in [4.78, 5) is 23.2. The Morgan fingerprint density at radius 3 is 1.47 bits per heavy atom. The van der Waals surface area contributed by atoms with Gasteiger partial charge in [-0.25, -0.2) is 4.57 Å². The number of unbranched alkanes of at least 4 members (excludes halogenated alkanes) is 22. The molecule has 0 heterocycles. The van der Waals surface area contributed by atoms with E-state index in [-0.39, 0.29) is 19.1 Å². The van der Waals surface area contributed by atoms with Gasteiger partial charge in [-0.15, -0.1) is 0 Å². The summed E-state index contributed by atoms with van der Waals surface area (Å²) in [5.74, 6) is -0.201. The SMILES string of the molecule is CCCCCC/C=C\C/C=C\CCCCCCCCCC(=O)NC(COP(=O)(O)OCC[N+](C)(C)C)C(O)/C=C/CC/C=C/CC/C=C/CCCCCCCCCCC. The van der Waals surface area contributed by atoms with Gasteiger partial charge in [-0.1, -0.05) is 177 Å². The van der Waals surface area contributed by atoms with Gasteiger partial charge in [0.15, 0.2) is 0 Å². The Kier molecular flexibility index (Phi) is 40.3. The van der Waals surface area contributed by atoms with Gasteiger partial charge in [-0.2, -0.15) is 0 Å². The van der Waals surface area contributed by atoms with Crippen LogP contribution in [0.5, 0.6) is 0 Å². The van der Waals surface area contributed by atoms with Crippen LogP contribution in [0.2, 0.25) is 0 Å². The summed E-state index contributed by atoms with van der Waals surface area (Å²) >= 11 is 0. The molecule has 3 unspecified atom stereocenters. The molecule has 0 spiro atoms. The van der Waals surface area contributed by atoms with E-state index in [1.807, 2.05) is 27.2 Å². The van der Waals surface area contributed by atoms with Crippen LogP contribution in [-0.2, 0) is 18.4 Å². The fourth-order valence-corrected chi connectivity index (χ4v) is 7.31. The highest BCUT2D eigenvalue weighted by molar-refractivity contribution is 7.47. The molecule has 0 saturated heterocycles. The number of aliphatic hydroxyl groups is 1. The quantitative estimate of drug-likeness (QED) is 0.0244. The summed E-state index contributed by atoms with van der Waals surface area (Å²) < 4.78 is 23.6. The Bertz CT molecular complexity index is 1140. The molecule has 1 amide bonds. The molecule has 0 aromatic rings. The molecule has 0 aliphatic carbocycles. The minimum atomic E-state index is -4.36. The van der Waals surface area contributed by atoms with Crippen LogP contribution in [0, 0.1) is 0 Å². The molecule has 0 fully saturated rings. The highest BCUT2D eigenvalue weighted by Gasteiger charge is 2.27. The third kappa shape index (κ3) is 44.1. The van der Waals surface area contributed by atoms with Gasteiger partial charge in [0, 0.05) is 6.42 Å². The number of amides is 1. The molecule has 59 heavy (non-hydrogen) atoms. The van der Waals surface area contributed by atoms with Crippen LogP contribution in [-0.4, -0.2) is 73.4 Å². The van der Waals surface area contributed by atoms with E-state index < -0.39 is 20.0 Å². The van der Waals surface area contributed by atoms with Gasteiger partial charge in [-0.05, 0) is 77.0 Å². The van der Waals surface area contributed by atoms with E-state index in [1.165, 1.54) is 116 Å². The molecule has 9 heteroatoms. The van der Waals surface area contributed by atoms with Crippen molar-refractivity contribution in [2.24, 2.45) is 0 Å². The number of nitrogens with one attached hydrogen (secondary N) is 1. The zero-order valence-corrected chi connectivity index (χ0v) is 39.9. The number of carbonyl (C=O) groups excluding carboxylic acids is 1. The minimum absolute atomic E-state index is 0.0497. The highest BCUT2D eigenvalue weighted by atomic mass is 31.2. The van der Waals surface area contributed by atoms with Crippen molar-refractivity contribution in [2.75, 3.05) is 40.9 Å². The van der Waals surface area contributed by atoms with Crippen LogP contribution >= 0.6 is 7.82 Å². The van der Waals surface area contributed by atoms with E-state index >= 15 is 0 Å². The van der Waals surface area contributed by atoms with E-state index in [1.54, 1.807) is 6.08 Å². The second-order valence-electron chi connectivity index (χ2n) is 17.5. The van der Waals surface area contributed by atoms with Gasteiger partial charge in [-0.3, -0.25) is 13.8 Å². The first kappa shape index (κ1) is 57.2. The number of rotatable bonds is 43. The first-order valence-electron chi connectivity index (χ1n) is 24.2. The molecule has 0 bridgehead atoms. The number of allylic oxidation sites excluding steroid dienone is 9. The van der Waals surface area contributed by atoms with Crippen LogP contribution in [0.3, 0.4) is 0 Å². The van der Waals surface area contributed by atoms with E-state index in [0.717, 1.165) is 64.2 Å². The van der Waals surface area contributed by atoms with Crippen LogP contribution in [0.1, 0.15) is 200 Å². The summed E-state index contributed by atoms with van der Waals surface area (Å²) in [6.07, 6.45) is 54.4. The summed E-state index contributed by atoms with van der Waals surface area (Å²) in [5, 5.41) is 13.8. The Morgan fingerprint density at radius 1 is 0.576 bits per heavy atom. The first-order chi connectivity index (χ1) is 28.5. The molecule has 0 saturated carbocycles. The maximum absolute atomic E-state index is 12.9. The van der Waals surface area contributed by atoms with Crippen molar-refractivity contribution in [3.8, 4) is 0 Å². The van der Waals surface area contributed by atoms with Crippen LogP contribution in [0.4, 0.5) is 0 Å². The molecule has 3 atom stereocenters. The lowest BCUT2D eigenvalue weighted by Gasteiger charge is -2.25. The monoisotopic (exact) mass is 850 g/mol. The molecular formula is C50H94N2O6P+. The Morgan fingerprint density at radius 2 is 0.983 bits per heavy atom. The van der Waals surface area contributed by atoms with Crippen molar-refractivity contribution in [1.29, 1.82) is 0 Å². The second kappa shape index (κ2) is 41.5. The predicted molar refractivity (Wildman–Crippen MR) is 254 cm³/mol. The van der Waals surface area contributed by atoms with Gasteiger partial charge in [0.05, 0.1) is 39.9 Å². The molecule has 0 aromatic carbocycles. The van der Waals surface area contributed by atoms with E-state index in [0.29, 0.717) is 17.4 Å². The summed E-state index contributed by atoms with van der Waals surface area (Å²) in [6, 6.07) is -0.875. The van der Waals surface area contributed by atoms with Crippen molar-refractivity contribution in [1.82, 2.24) is 5.32 Å². The highest BCUT2D eigenvalue weighted by Crippen LogP contribution is 2.43. The van der Waals surface area contributed by atoms with Crippen molar-refractivity contribution in [3.05, 3.63) is 60.8 Å². The second-order valence-corrected chi connectivity index (χ2v) is 18.9. The summed E-state index contributed by atoms with van der Waals surface area (Å²) in [7, 11) is 1.53. The van der Waals surface area contributed by atoms with E-state index in [9.17, 15) is 19.4 Å². The van der Waals surface area contributed by atoms with Crippen LogP contribution < -0.4 is 5.32 Å². The van der Waals surface area contributed by atoms with Gasteiger partial charge >= 0.3 is 7.82 Å². The zero-order chi connectivity index (χ0) is 43.6. The summed E-state index contributed by atoms with van der Waals surface area (Å²) in [6.45, 7) is 4.75. The van der Waals surface area contributed by atoms with E-state index in [2.05, 4.69) is 67.8 Å². The smallest absolute Gasteiger partial charge is 0.387 e. The topological polar surface area (TPSA) is 105 Å². The van der Waals surface area contributed by atoms with Gasteiger partial charge in [0.1, 0.15) is 13.2 Å². The maximum atomic E-state index is 12.9. The number of quaternary nitrogens is 1. The number of phosphoric ester groups is 1. The molecular weight excluding hydrogens is 756 g/mol. The Labute approximate surface area is 364 Å². The normalized spacial score (nSPS) is 14.8. The van der Waals surface area contributed by atoms with Gasteiger partial charge in [0.2, 0.25) is 5.91 Å². The van der Waals surface area contributed by atoms with Crippen LogP contribution in [0.15, 0.2) is 60.8 Å². The third-order valence-electron chi connectivity index (χ3n) is 10.4. The minimum Gasteiger partial charge on any atom is -0.387 e. The fraction of sp³-hybridized carbons (Fsp3) is 0.780. The standard InChI is InChI=1S/C50H93N2O6P/c1-6-8-10-12-14-16-18-20-22-24-26-27-29-31-33-35-37-39-41-43-49(53)48(47-58-59(55,56)57-46-45-52(3,4)5)51-50(54)44-42-40-38-36-34-32-30-28-25-23-21-19-17-15-13-11-9-7-2/h17,19,23,25-27,33,35,41,43,48-49,53H,6-16,18,20-22,24,28-32,34,36-40,42,44-47H2,1-5H3,(H-,51,54,55,56)/p+1/b19-17-,25-23-,27-26+,35-33+,43-41+. The number of likely N-dealkylation sites (N-methyl/N-ethyl adjacent to an activating group) is 1. The Balaban J connectivity index is 4.47. The average molecular weight is 850 g/mol. The summed E-state index contributed by atoms with van der Waals surface area (Å²) in [5.41, 5.74) is 0. The lowest BCUT2D eigenvalue weighted by atomic mass is 10.1. The number of hydrogen-bond acceptors (Lipinski definition) is 5.